The summed E-state index contributed by atoms with van der Waals surface area (Å²) in [5.41, 5.74) is -1.31. The molecule has 2 saturated heterocycles. The van der Waals surface area contributed by atoms with E-state index in [4.69, 9.17) is 4.74 Å². The van der Waals surface area contributed by atoms with Crippen LogP contribution in [0.5, 0.6) is 11.6 Å². The van der Waals surface area contributed by atoms with E-state index in [0.717, 1.165) is 5.39 Å². The van der Waals surface area contributed by atoms with E-state index in [2.05, 4.69) is 10.6 Å². The highest BCUT2D eigenvalue weighted by molar-refractivity contribution is 7.91. The number of sulfonamides is 1. The topological polar surface area (TPSA) is 130 Å². The Morgan fingerprint density at radius 2 is 2.00 bits per heavy atom. The number of piperidine rings is 1. The van der Waals surface area contributed by atoms with Crippen LogP contribution >= 0.6 is 11.3 Å². The number of nitrogens with zero attached hydrogens (tertiary/aromatic N) is 2. The standard InChI is InChI=1S/C22H24N4O6S2/c1-32-16-4-5-17-14(11-16)12-25(19(17)27)13-22(20(28)23-21(29)24-22)15-6-8-26(9-7-15)34(30,31)18-3-2-10-33-18/h2-5,10-12,15,27H,6-9,13H2,1H3,(H2,23,24,28,29). The van der Waals surface area contributed by atoms with E-state index in [-0.39, 0.29) is 35.6 Å². The third-order valence-corrected chi connectivity index (χ3v) is 9.97. The van der Waals surface area contributed by atoms with Crippen molar-refractivity contribution < 1.29 is 27.9 Å². The fourth-order valence-corrected chi connectivity index (χ4v) is 7.53. The molecular weight excluding hydrogens is 480 g/mol. The molecule has 3 aromatic rings. The molecule has 4 heterocycles. The van der Waals surface area contributed by atoms with Crippen LogP contribution < -0.4 is 15.4 Å². The molecule has 1 atom stereocenters. The Morgan fingerprint density at radius 3 is 2.62 bits per heavy atom. The van der Waals surface area contributed by atoms with Crippen LogP contribution in [0.4, 0.5) is 4.79 Å². The van der Waals surface area contributed by atoms with E-state index in [1.807, 2.05) is 0 Å². The van der Waals surface area contributed by atoms with Crippen LogP contribution in [0.15, 0.2) is 46.1 Å². The van der Waals surface area contributed by atoms with Crippen molar-refractivity contribution >= 4 is 44.1 Å². The molecule has 3 amide bonds. The van der Waals surface area contributed by atoms with Crippen molar-refractivity contribution in [3.63, 3.8) is 0 Å². The molecule has 0 radical (unpaired) electrons. The Hall–Kier alpha value is -3.09. The maximum Gasteiger partial charge on any atom is 0.322 e. The van der Waals surface area contributed by atoms with Gasteiger partial charge in [0.25, 0.3) is 15.9 Å². The van der Waals surface area contributed by atoms with Gasteiger partial charge in [-0.1, -0.05) is 6.07 Å². The molecular formula is C22H24N4O6S2. The highest BCUT2D eigenvalue weighted by Crippen LogP contribution is 2.37. The van der Waals surface area contributed by atoms with Crippen molar-refractivity contribution in [3.05, 3.63) is 41.9 Å². The molecule has 10 nitrogen and oxygen atoms in total. The number of rotatable bonds is 6. The highest BCUT2D eigenvalue weighted by atomic mass is 32.2. The Bertz CT molecular complexity index is 1360. The molecule has 34 heavy (non-hydrogen) atoms. The maximum absolute atomic E-state index is 13.1. The van der Waals surface area contributed by atoms with Crippen molar-refractivity contribution in [1.29, 1.82) is 0 Å². The average Bonchev–Trinajstić information content (AvgIpc) is 3.54. The number of ether oxygens (including phenoxy) is 1. The number of hydrogen-bond acceptors (Lipinski definition) is 7. The first kappa shape index (κ1) is 22.7. The van der Waals surface area contributed by atoms with Gasteiger partial charge in [-0.05, 0) is 48.4 Å². The summed E-state index contributed by atoms with van der Waals surface area (Å²) in [6.07, 6.45) is 2.48. The normalized spacial score (nSPS) is 22.1. The van der Waals surface area contributed by atoms with Gasteiger partial charge in [0.15, 0.2) is 5.88 Å². The molecule has 3 N–H and O–H groups in total. The monoisotopic (exact) mass is 504 g/mol. The smallest absolute Gasteiger partial charge is 0.322 e. The molecule has 0 saturated carbocycles. The Labute approximate surface area is 200 Å². The number of carbonyl (C=O) groups excluding carboxylic acids is 2. The predicted octanol–water partition coefficient (Wildman–Crippen LogP) is 2.10. The molecule has 2 aromatic heterocycles. The van der Waals surface area contributed by atoms with Gasteiger partial charge in [0.2, 0.25) is 0 Å². The summed E-state index contributed by atoms with van der Waals surface area (Å²) in [4.78, 5) is 25.2. The third-order valence-electron chi connectivity index (χ3n) is 6.70. The quantitative estimate of drug-likeness (QED) is 0.441. The van der Waals surface area contributed by atoms with E-state index in [1.54, 1.807) is 53.6 Å². The van der Waals surface area contributed by atoms with Crippen LogP contribution in [-0.4, -0.2) is 60.1 Å². The minimum absolute atomic E-state index is 0.00967. The van der Waals surface area contributed by atoms with Gasteiger partial charge in [-0.25, -0.2) is 13.2 Å². The average molecular weight is 505 g/mol. The highest BCUT2D eigenvalue weighted by Gasteiger charge is 2.53. The minimum atomic E-state index is -3.59. The van der Waals surface area contributed by atoms with Crippen LogP contribution in [0.25, 0.3) is 10.8 Å². The number of nitrogens with one attached hydrogen (secondary N) is 2. The fraction of sp³-hybridized carbons (Fsp3) is 0.364. The van der Waals surface area contributed by atoms with Crippen molar-refractivity contribution in [2.75, 3.05) is 20.2 Å². The second kappa shape index (κ2) is 8.29. The fourth-order valence-electron chi connectivity index (χ4n) is 4.91. The first-order valence-corrected chi connectivity index (χ1v) is 13.1. The molecule has 1 aromatic carbocycles. The van der Waals surface area contributed by atoms with Gasteiger partial charge in [-0.15, -0.1) is 11.3 Å². The number of aromatic nitrogens is 1. The summed E-state index contributed by atoms with van der Waals surface area (Å²) in [6.45, 7) is 0.467. The van der Waals surface area contributed by atoms with E-state index in [1.165, 1.54) is 15.6 Å². The lowest BCUT2D eigenvalue weighted by Crippen LogP contribution is -2.58. The van der Waals surface area contributed by atoms with Crippen molar-refractivity contribution in [2.24, 2.45) is 5.92 Å². The van der Waals surface area contributed by atoms with Crippen molar-refractivity contribution in [1.82, 2.24) is 19.5 Å². The number of hydrogen-bond donors (Lipinski definition) is 3. The summed E-state index contributed by atoms with van der Waals surface area (Å²) in [6, 6.07) is 7.91. The number of methoxy groups -OCH3 is 1. The molecule has 2 aliphatic rings. The SMILES string of the molecule is COc1ccc2c(O)n(CC3(C4CCN(S(=O)(=O)c5cccs5)CC4)NC(=O)NC3=O)cc2c1. The van der Waals surface area contributed by atoms with E-state index < -0.39 is 27.5 Å². The number of aromatic hydroxyl groups is 1. The zero-order valence-electron chi connectivity index (χ0n) is 18.4. The summed E-state index contributed by atoms with van der Waals surface area (Å²) in [7, 11) is -2.04. The van der Waals surface area contributed by atoms with Crippen LogP contribution in [0, 0.1) is 5.92 Å². The number of benzene rings is 1. The Morgan fingerprint density at radius 1 is 1.24 bits per heavy atom. The number of amides is 3. The third kappa shape index (κ3) is 3.62. The zero-order valence-corrected chi connectivity index (χ0v) is 20.0. The molecule has 0 aliphatic carbocycles. The molecule has 180 valence electrons. The van der Waals surface area contributed by atoms with Gasteiger partial charge >= 0.3 is 6.03 Å². The van der Waals surface area contributed by atoms with Crippen molar-refractivity contribution in [3.8, 4) is 11.6 Å². The molecule has 0 bridgehead atoms. The summed E-state index contributed by atoms with van der Waals surface area (Å²) in [5.74, 6) is -0.200. The summed E-state index contributed by atoms with van der Waals surface area (Å²) >= 11 is 1.17. The van der Waals surface area contributed by atoms with E-state index in [0.29, 0.717) is 24.0 Å². The largest absolute Gasteiger partial charge is 0.497 e. The predicted molar refractivity (Wildman–Crippen MR) is 125 cm³/mol. The number of fused-ring (bicyclic) bond motifs is 1. The second-order valence-electron chi connectivity index (χ2n) is 8.52. The number of imide groups is 1. The van der Waals surface area contributed by atoms with Gasteiger partial charge in [0.05, 0.1) is 13.7 Å². The van der Waals surface area contributed by atoms with E-state index in [9.17, 15) is 23.1 Å². The maximum atomic E-state index is 13.1. The first-order valence-electron chi connectivity index (χ1n) is 10.8. The van der Waals surface area contributed by atoms with Crippen LogP contribution in [0.1, 0.15) is 12.8 Å². The molecule has 2 aliphatic heterocycles. The molecule has 12 heteroatoms. The van der Waals surface area contributed by atoms with Gasteiger partial charge < -0.3 is 19.7 Å². The molecule has 1 unspecified atom stereocenters. The van der Waals surface area contributed by atoms with Crippen molar-refractivity contribution in [2.45, 2.75) is 29.1 Å². The van der Waals surface area contributed by atoms with Gasteiger partial charge in [-0.2, -0.15) is 4.31 Å². The first-order chi connectivity index (χ1) is 16.2. The number of urea groups is 1. The molecule has 5 rings (SSSR count). The van der Waals surface area contributed by atoms with Gasteiger partial charge in [-0.3, -0.25) is 10.1 Å². The summed E-state index contributed by atoms with van der Waals surface area (Å²) < 4.78 is 34.3. The molecule has 2 fully saturated rings. The lowest BCUT2D eigenvalue weighted by Gasteiger charge is -2.40. The number of thiophene rings is 1. The minimum Gasteiger partial charge on any atom is -0.497 e. The number of carbonyl (C=O) groups is 2. The summed E-state index contributed by atoms with van der Waals surface area (Å²) in [5, 5.41) is 19.0. The van der Waals surface area contributed by atoms with Crippen LogP contribution in [0.3, 0.4) is 0 Å². The lowest BCUT2D eigenvalue weighted by atomic mass is 9.77. The molecule has 0 spiro atoms. The van der Waals surface area contributed by atoms with Gasteiger partial charge in [0.1, 0.15) is 15.5 Å². The lowest BCUT2D eigenvalue weighted by molar-refractivity contribution is -0.127. The second-order valence-corrected chi connectivity index (χ2v) is 11.6. The van der Waals surface area contributed by atoms with Crippen LogP contribution in [-0.2, 0) is 21.4 Å². The van der Waals surface area contributed by atoms with Gasteiger partial charge in [0, 0.05) is 30.1 Å². The van der Waals surface area contributed by atoms with Crippen LogP contribution in [0.2, 0.25) is 0 Å². The Kier molecular flexibility index (Phi) is 5.53. The Balaban J connectivity index is 1.43. The van der Waals surface area contributed by atoms with E-state index >= 15 is 0 Å². The zero-order chi connectivity index (χ0) is 24.1.